The van der Waals surface area contributed by atoms with Crippen LogP contribution in [0.1, 0.15) is 37.8 Å². The van der Waals surface area contributed by atoms with Gasteiger partial charge in [-0.15, -0.1) is 0 Å². The van der Waals surface area contributed by atoms with Crippen molar-refractivity contribution in [2.75, 3.05) is 12.3 Å². The Bertz CT molecular complexity index is 768. The lowest BCUT2D eigenvalue weighted by molar-refractivity contribution is -0.140. The highest BCUT2D eigenvalue weighted by Gasteiger charge is 2.25. The lowest BCUT2D eigenvalue weighted by Gasteiger charge is -2.29. The van der Waals surface area contributed by atoms with Crippen molar-refractivity contribution in [2.45, 2.75) is 45.0 Å². The zero-order chi connectivity index (χ0) is 21.1. The predicted molar refractivity (Wildman–Crippen MR) is 122 cm³/mol. The minimum Gasteiger partial charge on any atom is -0.354 e. The molecule has 4 nitrogen and oxygen atoms in total. The molecule has 0 unspecified atom stereocenters. The number of nitrogens with zero attached hydrogens (tertiary/aromatic N) is 1. The fraction of sp³-hybridized carbons (Fsp3) is 0.391. The van der Waals surface area contributed by atoms with Crippen LogP contribution < -0.4 is 5.32 Å². The van der Waals surface area contributed by atoms with Crippen molar-refractivity contribution < 1.29 is 9.59 Å². The quantitative estimate of drug-likeness (QED) is 0.513. The van der Waals surface area contributed by atoms with Crippen LogP contribution in [0.15, 0.2) is 54.6 Å². The second-order valence-corrected chi connectivity index (χ2v) is 8.44. The van der Waals surface area contributed by atoms with Crippen LogP contribution >= 0.6 is 23.4 Å². The van der Waals surface area contributed by atoms with Crippen molar-refractivity contribution >= 4 is 35.2 Å². The van der Waals surface area contributed by atoms with Gasteiger partial charge in [0.2, 0.25) is 11.8 Å². The number of carbonyl (C=O) groups excluding carboxylic acids is 2. The third-order valence-electron chi connectivity index (χ3n) is 4.55. The third kappa shape index (κ3) is 8.11. The molecule has 0 aliphatic rings. The highest BCUT2D eigenvalue weighted by molar-refractivity contribution is 7.98. The number of thioether (sulfide) groups is 1. The molecule has 2 aromatic rings. The van der Waals surface area contributed by atoms with Crippen molar-refractivity contribution in [3.63, 3.8) is 0 Å². The van der Waals surface area contributed by atoms with Crippen molar-refractivity contribution in [1.82, 2.24) is 10.2 Å². The average molecular weight is 433 g/mol. The fourth-order valence-electron chi connectivity index (χ4n) is 2.83. The fourth-order valence-corrected chi connectivity index (χ4v) is 3.85. The first-order valence-electron chi connectivity index (χ1n) is 9.94. The Morgan fingerprint density at radius 3 is 2.41 bits per heavy atom. The summed E-state index contributed by atoms with van der Waals surface area (Å²) in [5.41, 5.74) is 2.20. The van der Waals surface area contributed by atoms with E-state index in [2.05, 4.69) is 17.4 Å². The second kappa shape index (κ2) is 12.6. The molecule has 0 aliphatic heterocycles. The van der Waals surface area contributed by atoms with Crippen LogP contribution in [0.4, 0.5) is 0 Å². The van der Waals surface area contributed by atoms with E-state index in [0.29, 0.717) is 30.3 Å². The van der Waals surface area contributed by atoms with Gasteiger partial charge in [0.15, 0.2) is 0 Å². The van der Waals surface area contributed by atoms with E-state index in [-0.39, 0.29) is 11.8 Å². The minimum absolute atomic E-state index is 0.0142. The molecular weight excluding hydrogens is 404 g/mol. The van der Waals surface area contributed by atoms with Gasteiger partial charge in [-0.25, -0.2) is 0 Å². The molecule has 0 aromatic heterocycles. The van der Waals surface area contributed by atoms with Gasteiger partial charge in [0.1, 0.15) is 6.04 Å². The van der Waals surface area contributed by atoms with Crippen LogP contribution in [0.2, 0.25) is 5.02 Å². The van der Waals surface area contributed by atoms with Gasteiger partial charge >= 0.3 is 0 Å². The maximum Gasteiger partial charge on any atom is 0.242 e. The Morgan fingerprint density at radius 1 is 1.07 bits per heavy atom. The van der Waals surface area contributed by atoms with E-state index in [1.807, 2.05) is 37.3 Å². The molecule has 0 aliphatic carbocycles. The van der Waals surface area contributed by atoms with Crippen LogP contribution in [-0.2, 0) is 21.9 Å². The highest BCUT2D eigenvalue weighted by atomic mass is 35.5. The monoisotopic (exact) mass is 432 g/mol. The Balaban J connectivity index is 1.97. The number of carbonyl (C=O) groups is 2. The molecule has 2 aromatic carbocycles. The summed E-state index contributed by atoms with van der Waals surface area (Å²) in [6, 6.07) is 17.1. The Hall–Kier alpha value is -1.98. The van der Waals surface area contributed by atoms with Crippen molar-refractivity contribution in [3.8, 4) is 0 Å². The normalized spacial score (nSPS) is 11.7. The van der Waals surface area contributed by atoms with E-state index >= 15 is 0 Å². The first kappa shape index (κ1) is 23.3. The van der Waals surface area contributed by atoms with Gasteiger partial charge in [-0.2, -0.15) is 11.8 Å². The van der Waals surface area contributed by atoms with E-state index < -0.39 is 6.04 Å². The standard InChI is InChI=1S/C23H29ClN2O2S/c1-3-14-25-23(28)18(2)26(16-19-9-11-21(24)12-10-19)22(27)13-15-29-17-20-7-5-4-6-8-20/h4-12,18H,3,13-17H2,1-2H3,(H,25,28)/t18-/m0/s1. The first-order chi connectivity index (χ1) is 14.0. The third-order valence-corrected chi connectivity index (χ3v) is 5.84. The molecule has 0 spiro atoms. The maximum absolute atomic E-state index is 13.0. The summed E-state index contributed by atoms with van der Waals surface area (Å²) in [6.07, 6.45) is 1.26. The molecule has 1 N–H and O–H groups in total. The van der Waals surface area contributed by atoms with Gasteiger partial charge in [-0.3, -0.25) is 9.59 Å². The molecule has 0 saturated heterocycles. The minimum atomic E-state index is -0.524. The molecule has 2 rings (SSSR count). The topological polar surface area (TPSA) is 49.4 Å². The molecule has 0 fully saturated rings. The van der Waals surface area contributed by atoms with Gasteiger partial charge in [0.25, 0.3) is 0 Å². The summed E-state index contributed by atoms with van der Waals surface area (Å²) in [5.74, 6) is 1.46. The number of nitrogens with one attached hydrogen (secondary N) is 1. The molecule has 29 heavy (non-hydrogen) atoms. The van der Waals surface area contributed by atoms with E-state index in [0.717, 1.165) is 17.7 Å². The molecule has 0 heterocycles. The van der Waals surface area contributed by atoms with Crippen molar-refractivity contribution in [1.29, 1.82) is 0 Å². The van der Waals surface area contributed by atoms with Gasteiger partial charge in [-0.05, 0) is 36.6 Å². The zero-order valence-corrected chi connectivity index (χ0v) is 18.6. The summed E-state index contributed by atoms with van der Waals surface area (Å²) in [7, 11) is 0. The van der Waals surface area contributed by atoms with Gasteiger partial charge < -0.3 is 10.2 Å². The van der Waals surface area contributed by atoms with E-state index in [9.17, 15) is 9.59 Å². The van der Waals surface area contributed by atoms with E-state index in [4.69, 9.17) is 11.6 Å². The lowest BCUT2D eigenvalue weighted by Crippen LogP contribution is -2.47. The van der Waals surface area contributed by atoms with Crippen molar-refractivity contribution in [3.05, 3.63) is 70.7 Å². The summed E-state index contributed by atoms with van der Waals surface area (Å²) >= 11 is 7.70. The molecular formula is C23H29ClN2O2S. The summed E-state index contributed by atoms with van der Waals surface area (Å²) in [5, 5.41) is 3.54. The number of rotatable bonds is 11. The summed E-state index contributed by atoms with van der Waals surface area (Å²) < 4.78 is 0. The van der Waals surface area contributed by atoms with E-state index in [1.54, 1.807) is 35.7 Å². The Kier molecular flexibility index (Phi) is 10.1. The molecule has 0 bridgehead atoms. The van der Waals surface area contributed by atoms with Crippen LogP contribution in [0, 0.1) is 0 Å². The number of hydrogen-bond acceptors (Lipinski definition) is 3. The molecule has 0 radical (unpaired) electrons. The summed E-state index contributed by atoms with van der Waals surface area (Å²) in [6.45, 7) is 4.79. The largest absolute Gasteiger partial charge is 0.354 e. The lowest BCUT2D eigenvalue weighted by atomic mass is 10.1. The van der Waals surface area contributed by atoms with Crippen LogP contribution in [0.3, 0.4) is 0 Å². The Labute approximate surface area is 183 Å². The number of halogens is 1. The SMILES string of the molecule is CCCNC(=O)[C@H](C)N(Cc1ccc(Cl)cc1)C(=O)CCSCc1ccccc1. The molecule has 156 valence electrons. The van der Waals surface area contributed by atoms with Gasteiger partial charge in [0.05, 0.1) is 0 Å². The average Bonchev–Trinajstić information content (AvgIpc) is 2.74. The number of hydrogen-bond donors (Lipinski definition) is 1. The highest BCUT2D eigenvalue weighted by Crippen LogP contribution is 2.17. The van der Waals surface area contributed by atoms with Crippen LogP contribution in [-0.4, -0.2) is 35.1 Å². The zero-order valence-electron chi connectivity index (χ0n) is 17.1. The smallest absolute Gasteiger partial charge is 0.242 e. The Morgan fingerprint density at radius 2 is 1.76 bits per heavy atom. The molecule has 0 saturated carbocycles. The maximum atomic E-state index is 13.0. The number of amides is 2. The second-order valence-electron chi connectivity index (χ2n) is 6.90. The number of benzene rings is 2. The van der Waals surface area contributed by atoms with E-state index in [1.165, 1.54) is 5.56 Å². The molecule has 2 amide bonds. The van der Waals surface area contributed by atoms with Gasteiger partial charge in [0, 0.05) is 36.0 Å². The predicted octanol–water partition coefficient (Wildman–Crippen LogP) is 4.91. The summed E-state index contributed by atoms with van der Waals surface area (Å²) in [4.78, 5) is 27.1. The van der Waals surface area contributed by atoms with Gasteiger partial charge in [-0.1, -0.05) is 61.0 Å². The van der Waals surface area contributed by atoms with Crippen LogP contribution in [0.5, 0.6) is 0 Å². The first-order valence-corrected chi connectivity index (χ1v) is 11.5. The molecule has 1 atom stereocenters. The molecule has 6 heteroatoms. The van der Waals surface area contributed by atoms with Crippen LogP contribution in [0.25, 0.3) is 0 Å². The van der Waals surface area contributed by atoms with Crippen molar-refractivity contribution in [2.24, 2.45) is 0 Å².